The molecule has 0 aliphatic carbocycles. The van der Waals surface area contributed by atoms with Crippen molar-refractivity contribution >= 4 is 27.3 Å². The van der Waals surface area contributed by atoms with Gasteiger partial charge in [0.25, 0.3) is 0 Å². The fourth-order valence-corrected chi connectivity index (χ4v) is 3.65. The summed E-state index contributed by atoms with van der Waals surface area (Å²) in [4.78, 5) is 1.49. The molecule has 1 atom stereocenters. The van der Waals surface area contributed by atoms with Crippen LogP contribution in [-0.2, 0) is 6.42 Å². The standard InChI is InChI=1S/C15H26BrNS/c1-5-11-17-13(15(2,3)4)8-6-7-12-9-10-14(16)18-12/h9-10,13,17H,5-8,11H2,1-4H3. The molecule has 1 aromatic rings. The number of hydrogen-bond acceptors (Lipinski definition) is 2. The van der Waals surface area contributed by atoms with E-state index in [9.17, 15) is 0 Å². The lowest BCUT2D eigenvalue weighted by Crippen LogP contribution is -2.40. The Kier molecular flexibility index (Phi) is 6.89. The summed E-state index contributed by atoms with van der Waals surface area (Å²) < 4.78 is 1.24. The Morgan fingerprint density at radius 1 is 1.33 bits per heavy atom. The van der Waals surface area contributed by atoms with E-state index in [4.69, 9.17) is 0 Å². The highest BCUT2D eigenvalue weighted by Crippen LogP contribution is 2.26. The van der Waals surface area contributed by atoms with Gasteiger partial charge in [0, 0.05) is 10.9 Å². The number of hydrogen-bond donors (Lipinski definition) is 1. The molecule has 1 heterocycles. The van der Waals surface area contributed by atoms with Crippen LogP contribution in [0.3, 0.4) is 0 Å². The molecule has 18 heavy (non-hydrogen) atoms. The Hall–Kier alpha value is 0.140. The fourth-order valence-electron chi connectivity index (χ4n) is 2.13. The largest absolute Gasteiger partial charge is 0.313 e. The SMILES string of the molecule is CCCNC(CCCc1ccc(Br)s1)C(C)(C)C. The summed E-state index contributed by atoms with van der Waals surface area (Å²) in [6.07, 6.45) is 4.95. The van der Waals surface area contributed by atoms with E-state index in [1.54, 1.807) is 0 Å². The van der Waals surface area contributed by atoms with Crippen molar-refractivity contribution in [1.82, 2.24) is 5.32 Å². The first-order valence-electron chi connectivity index (χ1n) is 6.91. The Morgan fingerprint density at radius 2 is 2.06 bits per heavy atom. The summed E-state index contributed by atoms with van der Waals surface area (Å²) in [5.41, 5.74) is 0.352. The van der Waals surface area contributed by atoms with Crippen molar-refractivity contribution in [2.75, 3.05) is 6.54 Å². The van der Waals surface area contributed by atoms with Crippen LogP contribution < -0.4 is 5.32 Å². The van der Waals surface area contributed by atoms with E-state index in [2.05, 4.69) is 61.1 Å². The molecule has 1 rings (SSSR count). The average molecular weight is 332 g/mol. The van der Waals surface area contributed by atoms with Crippen LogP contribution in [0.4, 0.5) is 0 Å². The molecule has 0 aliphatic rings. The number of halogens is 1. The van der Waals surface area contributed by atoms with Gasteiger partial charge in [0.15, 0.2) is 0 Å². The van der Waals surface area contributed by atoms with E-state index in [1.807, 2.05) is 11.3 Å². The number of thiophene rings is 1. The van der Waals surface area contributed by atoms with Gasteiger partial charge < -0.3 is 5.32 Å². The van der Waals surface area contributed by atoms with Crippen molar-refractivity contribution in [2.24, 2.45) is 5.41 Å². The molecule has 1 unspecified atom stereocenters. The maximum Gasteiger partial charge on any atom is 0.0701 e. The lowest BCUT2D eigenvalue weighted by Gasteiger charge is -2.31. The maximum absolute atomic E-state index is 3.69. The first-order valence-corrected chi connectivity index (χ1v) is 8.52. The third kappa shape index (κ3) is 5.85. The third-order valence-electron chi connectivity index (χ3n) is 3.23. The van der Waals surface area contributed by atoms with Crippen LogP contribution in [0.25, 0.3) is 0 Å². The van der Waals surface area contributed by atoms with Crippen LogP contribution in [0.2, 0.25) is 0 Å². The summed E-state index contributed by atoms with van der Waals surface area (Å²) in [7, 11) is 0. The van der Waals surface area contributed by atoms with Crippen LogP contribution >= 0.6 is 27.3 Å². The van der Waals surface area contributed by atoms with Gasteiger partial charge in [0.1, 0.15) is 0 Å². The van der Waals surface area contributed by atoms with Gasteiger partial charge in [-0.15, -0.1) is 11.3 Å². The van der Waals surface area contributed by atoms with E-state index >= 15 is 0 Å². The van der Waals surface area contributed by atoms with Gasteiger partial charge in [-0.25, -0.2) is 0 Å². The average Bonchev–Trinajstić information content (AvgIpc) is 2.67. The van der Waals surface area contributed by atoms with E-state index < -0.39 is 0 Å². The van der Waals surface area contributed by atoms with E-state index in [1.165, 1.54) is 34.3 Å². The predicted octanol–water partition coefficient (Wildman–Crippen LogP) is 5.25. The van der Waals surface area contributed by atoms with Crippen molar-refractivity contribution in [3.8, 4) is 0 Å². The van der Waals surface area contributed by atoms with E-state index in [0.717, 1.165) is 6.54 Å². The Balaban J connectivity index is 2.37. The van der Waals surface area contributed by atoms with Crippen molar-refractivity contribution in [2.45, 2.75) is 59.4 Å². The zero-order valence-electron chi connectivity index (χ0n) is 12.1. The second-order valence-electron chi connectivity index (χ2n) is 5.97. The third-order valence-corrected chi connectivity index (χ3v) is 4.91. The molecule has 0 saturated carbocycles. The molecular weight excluding hydrogens is 306 g/mol. The quantitative estimate of drug-likeness (QED) is 0.719. The molecule has 3 heteroatoms. The first kappa shape index (κ1) is 16.2. The van der Waals surface area contributed by atoms with E-state index in [0.29, 0.717) is 11.5 Å². The number of aryl methyl sites for hydroxylation is 1. The molecule has 0 radical (unpaired) electrons. The molecule has 1 N–H and O–H groups in total. The monoisotopic (exact) mass is 331 g/mol. The van der Waals surface area contributed by atoms with Crippen LogP contribution in [0.1, 0.15) is 51.8 Å². The zero-order valence-corrected chi connectivity index (χ0v) is 14.5. The van der Waals surface area contributed by atoms with Gasteiger partial charge >= 0.3 is 0 Å². The minimum atomic E-state index is 0.352. The smallest absolute Gasteiger partial charge is 0.0701 e. The Morgan fingerprint density at radius 3 is 2.56 bits per heavy atom. The van der Waals surface area contributed by atoms with Crippen molar-refractivity contribution in [3.05, 3.63) is 20.8 Å². The summed E-state index contributed by atoms with van der Waals surface area (Å²) in [6, 6.07) is 5.01. The molecular formula is C15H26BrNS. The number of nitrogens with one attached hydrogen (secondary N) is 1. The minimum absolute atomic E-state index is 0.352. The number of rotatable bonds is 7. The second-order valence-corrected chi connectivity index (χ2v) is 8.52. The van der Waals surface area contributed by atoms with Gasteiger partial charge in [-0.2, -0.15) is 0 Å². The minimum Gasteiger partial charge on any atom is -0.313 e. The summed E-state index contributed by atoms with van der Waals surface area (Å²) in [5.74, 6) is 0. The van der Waals surface area contributed by atoms with Gasteiger partial charge in [-0.05, 0) is 65.7 Å². The van der Waals surface area contributed by atoms with Crippen LogP contribution in [0.5, 0.6) is 0 Å². The molecule has 1 aromatic heterocycles. The highest BCUT2D eigenvalue weighted by Gasteiger charge is 2.23. The lowest BCUT2D eigenvalue weighted by molar-refractivity contribution is 0.251. The maximum atomic E-state index is 3.69. The molecule has 0 aromatic carbocycles. The molecule has 0 bridgehead atoms. The summed E-state index contributed by atoms with van der Waals surface area (Å²) in [6.45, 7) is 10.4. The molecule has 0 amide bonds. The predicted molar refractivity (Wildman–Crippen MR) is 86.5 cm³/mol. The van der Waals surface area contributed by atoms with Crippen LogP contribution in [0.15, 0.2) is 15.9 Å². The molecule has 1 nitrogen and oxygen atoms in total. The van der Waals surface area contributed by atoms with E-state index in [-0.39, 0.29) is 0 Å². The zero-order chi connectivity index (χ0) is 13.6. The van der Waals surface area contributed by atoms with Crippen molar-refractivity contribution < 1.29 is 0 Å². The van der Waals surface area contributed by atoms with Crippen LogP contribution in [0, 0.1) is 5.41 Å². The normalized spacial score (nSPS) is 13.8. The van der Waals surface area contributed by atoms with Crippen molar-refractivity contribution in [3.63, 3.8) is 0 Å². The lowest BCUT2D eigenvalue weighted by atomic mass is 9.83. The first-order chi connectivity index (χ1) is 8.43. The molecule has 0 saturated heterocycles. The highest BCUT2D eigenvalue weighted by molar-refractivity contribution is 9.11. The molecule has 104 valence electrons. The Labute approximate surface area is 125 Å². The fraction of sp³-hybridized carbons (Fsp3) is 0.733. The van der Waals surface area contributed by atoms with Gasteiger partial charge in [0.2, 0.25) is 0 Å². The molecule has 0 spiro atoms. The topological polar surface area (TPSA) is 12.0 Å². The Bertz CT molecular complexity index is 341. The summed E-state index contributed by atoms with van der Waals surface area (Å²) in [5, 5.41) is 3.69. The van der Waals surface area contributed by atoms with Gasteiger partial charge in [0.05, 0.1) is 3.79 Å². The van der Waals surface area contributed by atoms with Gasteiger partial charge in [-0.1, -0.05) is 27.7 Å². The molecule has 0 fully saturated rings. The second kappa shape index (κ2) is 7.66. The highest BCUT2D eigenvalue weighted by atomic mass is 79.9. The molecule has 0 aliphatic heterocycles. The van der Waals surface area contributed by atoms with Gasteiger partial charge in [-0.3, -0.25) is 0 Å². The van der Waals surface area contributed by atoms with Crippen molar-refractivity contribution in [1.29, 1.82) is 0 Å². The van der Waals surface area contributed by atoms with Crippen LogP contribution in [-0.4, -0.2) is 12.6 Å². The summed E-state index contributed by atoms with van der Waals surface area (Å²) >= 11 is 5.39.